The zero-order chi connectivity index (χ0) is 20.4. The lowest BCUT2D eigenvalue weighted by Gasteiger charge is -2.28. The Kier molecular flexibility index (Phi) is 5.26. The zero-order valence-corrected chi connectivity index (χ0v) is 17.2. The number of fused-ring (bicyclic) bond motifs is 1. The molecule has 6 heteroatoms. The number of aromatic nitrogens is 3. The van der Waals surface area contributed by atoms with Crippen LogP contribution in [0.15, 0.2) is 60.8 Å². The number of nitrogens with two attached hydrogens (primary N) is 1. The second kappa shape index (κ2) is 7.85. The summed E-state index contributed by atoms with van der Waals surface area (Å²) >= 11 is 6.40. The normalized spacial score (nSPS) is 13.4. The van der Waals surface area contributed by atoms with Gasteiger partial charge < -0.3 is 10.5 Å². The lowest BCUT2D eigenvalue weighted by atomic mass is 9.83. The second-order valence-corrected chi connectivity index (χ2v) is 7.87. The number of benzene rings is 2. The Bertz CT molecular complexity index is 1140. The molecule has 2 aromatic heterocycles. The first-order valence-corrected chi connectivity index (χ1v) is 9.87. The molecule has 5 nitrogen and oxygen atoms in total. The van der Waals surface area contributed by atoms with Gasteiger partial charge in [0, 0.05) is 28.6 Å². The average Bonchev–Trinajstić information content (AvgIpc) is 3.13. The molecule has 4 aromatic rings. The van der Waals surface area contributed by atoms with Crippen molar-refractivity contribution in [2.45, 2.75) is 19.3 Å². The predicted octanol–water partition coefficient (Wildman–Crippen LogP) is 4.88. The van der Waals surface area contributed by atoms with Gasteiger partial charge in [-0.1, -0.05) is 54.9 Å². The van der Waals surface area contributed by atoms with Crippen molar-refractivity contribution in [1.82, 2.24) is 15.2 Å². The first-order valence-electron chi connectivity index (χ1n) is 9.49. The standard InChI is InChI=1S/C23H23ClN4O/c1-15-19-10-16(8-9-21(19)28-27-15)20-11-18(12-26-22(20)24)29-14-23(2,13-25)17-6-4-3-5-7-17/h3-12H,13-14,25H2,1-2H3,(H,27,28)/t23-/m0/s1. The number of hydrogen-bond acceptors (Lipinski definition) is 4. The quantitative estimate of drug-likeness (QED) is 0.447. The number of hydrogen-bond donors (Lipinski definition) is 2. The molecule has 0 aliphatic heterocycles. The van der Waals surface area contributed by atoms with Gasteiger partial charge in [-0.25, -0.2) is 4.98 Å². The van der Waals surface area contributed by atoms with Gasteiger partial charge in [0.2, 0.25) is 0 Å². The molecule has 0 fully saturated rings. The summed E-state index contributed by atoms with van der Waals surface area (Å²) in [5.41, 5.74) is 10.6. The van der Waals surface area contributed by atoms with E-state index >= 15 is 0 Å². The van der Waals surface area contributed by atoms with Crippen LogP contribution in [0.25, 0.3) is 22.0 Å². The smallest absolute Gasteiger partial charge is 0.138 e. The number of aryl methyl sites for hydroxylation is 1. The number of rotatable bonds is 6. The molecule has 0 aliphatic rings. The van der Waals surface area contributed by atoms with E-state index in [-0.39, 0.29) is 5.41 Å². The molecule has 0 spiro atoms. The minimum atomic E-state index is -0.298. The Morgan fingerprint density at radius 2 is 1.93 bits per heavy atom. The molecule has 2 aromatic carbocycles. The summed E-state index contributed by atoms with van der Waals surface area (Å²) in [6.45, 7) is 5.01. The van der Waals surface area contributed by atoms with Crippen molar-refractivity contribution >= 4 is 22.5 Å². The van der Waals surface area contributed by atoms with E-state index in [0.29, 0.717) is 24.1 Å². The van der Waals surface area contributed by atoms with Crippen LogP contribution in [0.1, 0.15) is 18.2 Å². The first kappa shape index (κ1) is 19.4. The first-order chi connectivity index (χ1) is 14.0. The third-order valence-corrected chi connectivity index (χ3v) is 5.65. The predicted molar refractivity (Wildman–Crippen MR) is 117 cm³/mol. The highest BCUT2D eigenvalue weighted by atomic mass is 35.5. The number of halogens is 1. The van der Waals surface area contributed by atoms with Gasteiger partial charge in [0.25, 0.3) is 0 Å². The number of nitrogens with zero attached hydrogens (tertiary/aromatic N) is 2. The van der Waals surface area contributed by atoms with E-state index in [2.05, 4.69) is 40.3 Å². The van der Waals surface area contributed by atoms with E-state index in [4.69, 9.17) is 22.1 Å². The lowest BCUT2D eigenvalue weighted by molar-refractivity contribution is 0.231. The second-order valence-electron chi connectivity index (χ2n) is 7.51. The summed E-state index contributed by atoms with van der Waals surface area (Å²) in [5, 5.41) is 8.78. The molecule has 1 atom stereocenters. The van der Waals surface area contributed by atoms with Crippen LogP contribution < -0.4 is 10.5 Å². The van der Waals surface area contributed by atoms with Crippen LogP contribution in [-0.4, -0.2) is 28.3 Å². The molecule has 2 heterocycles. The highest BCUT2D eigenvalue weighted by molar-refractivity contribution is 6.32. The van der Waals surface area contributed by atoms with E-state index < -0.39 is 0 Å². The molecule has 0 unspecified atom stereocenters. The van der Waals surface area contributed by atoms with Gasteiger partial charge in [0.05, 0.1) is 18.3 Å². The van der Waals surface area contributed by atoms with Gasteiger partial charge in [0.1, 0.15) is 10.9 Å². The molecular weight excluding hydrogens is 384 g/mol. The topological polar surface area (TPSA) is 76.8 Å². The molecule has 4 rings (SSSR count). The minimum Gasteiger partial charge on any atom is -0.491 e. The van der Waals surface area contributed by atoms with Crippen LogP contribution in [0.4, 0.5) is 0 Å². The molecular formula is C23H23ClN4O. The van der Waals surface area contributed by atoms with Crippen LogP contribution in [0, 0.1) is 6.92 Å². The molecule has 3 N–H and O–H groups in total. The Hall–Kier alpha value is -2.89. The monoisotopic (exact) mass is 406 g/mol. The summed E-state index contributed by atoms with van der Waals surface area (Å²) < 4.78 is 6.11. The van der Waals surface area contributed by atoms with Gasteiger partial charge in [-0.3, -0.25) is 5.10 Å². The molecule has 29 heavy (non-hydrogen) atoms. The third-order valence-electron chi connectivity index (χ3n) is 5.35. The molecule has 0 radical (unpaired) electrons. The fourth-order valence-corrected chi connectivity index (χ4v) is 3.57. The molecule has 148 valence electrons. The number of aromatic amines is 1. The SMILES string of the molecule is Cc1[nH]nc2ccc(-c3cc(OC[C@](C)(CN)c4ccccc4)cnc3Cl)cc12. The number of pyridine rings is 1. The Balaban J connectivity index is 1.62. The van der Waals surface area contributed by atoms with Crippen molar-refractivity contribution in [3.05, 3.63) is 77.2 Å². The Labute approximate surface area is 174 Å². The maximum Gasteiger partial charge on any atom is 0.138 e. The summed E-state index contributed by atoms with van der Waals surface area (Å²) in [4.78, 5) is 4.33. The number of H-pyrrole nitrogens is 1. The summed E-state index contributed by atoms with van der Waals surface area (Å²) in [6, 6.07) is 18.1. The molecule has 0 aliphatic carbocycles. The molecule has 0 saturated heterocycles. The fraction of sp³-hybridized carbons (Fsp3) is 0.217. The van der Waals surface area contributed by atoms with Gasteiger partial charge in [0.15, 0.2) is 0 Å². The number of nitrogens with one attached hydrogen (secondary N) is 1. The van der Waals surface area contributed by atoms with Crippen molar-refractivity contribution in [1.29, 1.82) is 0 Å². The Morgan fingerprint density at radius 3 is 2.69 bits per heavy atom. The van der Waals surface area contributed by atoms with Gasteiger partial charge in [-0.2, -0.15) is 5.10 Å². The summed E-state index contributed by atoms with van der Waals surface area (Å²) in [5.74, 6) is 0.656. The average molecular weight is 407 g/mol. The van der Waals surface area contributed by atoms with E-state index in [1.807, 2.05) is 43.3 Å². The van der Waals surface area contributed by atoms with Crippen molar-refractivity contribution in [3.63, 3.8) is 0 Å². The van der Waals surface area contributed by atoms with Gasteiger partial charge in [-0.05, 0) is 36.2 Å². The van der Waals surface area contributed by atoms with Crippen molar-refractivity contribution in [3.8, 4) is 16.9 Å². The molecule has 0 bridgehead atoms. The Morgan fingerprint density at radius 1 is 1.14 bits per heavy atom. The zero-order valence-electron chi connectivity index (χ0n) is 16.4. The highest BCUT2D eigenvalue weighted by Crippen LogP contribution is 2.33. The minimum absolute atomic E-state index is 0.298. The van der Waals surface area contributed by atoms with E-state index in [1.165, 1.54) is 0 Å². The van der Waals surface area contributed by atoms with Crippen molar-refractivity contribution in [2.24, 2.45) is 5.73 Å². The van der Waals surface area contributed by atoms with Crippen LogP contribution in [0.5, 0.6) is 5.75 Å². The van der Waals surface area contributed by atoms with E-state index in [1.54, 1.807) is 6.20 Å². The maximum absolute atomic E-state index is 6.40. The largest absolute Gasteiger partial charge is 0.491 e. The fourth-order valence-electron chi connectivity index (χ4n) is 3.36. The maximum atomic E-state index is 6.40. The lowest BCUT2D eigenvalue weighted by Crippen LogP contribution is -2.37. The summed E-state index contributed by atoms with van der Waals surface area (Å²) in [7, 11) is 0. The van der Waals surface area contributed by atoms with E-state index in [0.717, 1.165) is 33.3 Å². The summed E-state index contributed by atoms with van der Waals surface area (Å²) in [6.07, 6.45) is 1.65. The highest BCUT2D eigenvalue weighted by Gasteiger charge is 2.26. The van der Waals surface area contributed by atoms with E-state index in [9.17, 15) is 0 Å². The van der Waals surface area contributed by atoms with Crippen molar-refractivity contribution in [2.75, 3.05) is 13.2 Å². The molecule has 0 saturated carbocycles. The van der Waals surface area contributed by atoms with Crippen molar-refractivity contribution < 1.29 is 4.74 Å². The van der Waals surface area contributed by atoms with Gasteiger partial charge in [-0.15, -0.1) is 0 Å². The van der Waals surface area contributed by atoms with Crippen LogP contribution in [-0.2, 0) is 5.41 Å². The van der Waals surface area contributed by atoms with Crippen LogP contribution >= 0.6 is 11.6 Å². The number of ether oxygens (including phenoxy) is 1. The van der Waals surface area contributed by atoms with Crippen LogP contribution in [0.3, 0.4) is 0 Å². The third kappa shape index (κ3) is 3.84. The van der Waals surface area contributed by atoms with Gasteiger partial charge >= 0.3 is 0 Å². The van der Waals surface area contributed by atoms with Crippen LogP contribution in [0.2, 0.25) is 5.15 Å². The molecule has 0 amide bonds.